The molecule has 0 spiro atoms. The van der Waals surface area contributed by atoms with E-state index in [1.165, 1.54) is 58.7 Å². The topological polar surface area (TPSA) is 17.8 Å². The predicted molar refractivity (Wildman–Crippen MR) is 213 cm³/mol. The third-order valence-electron chi connectivity index (χ3n) is 9.82. The smallest absolute Gasteiger partial charge is 0.145 e. The van der Waals surface area contributed by atoms with Crippen molar-refractivity contribution in [2.45, 2.75) is 0 Å². The monoisotopic (exact) mass is 654 g/mol. The SMILES string of the molecule is c1ccc(-c2cc(-c3ccccc3)cc(-c3cc(-c4ccccc4)cnc3-n3c4ccccc4c4ccc5c6ccccc6sc5c43)c2)cc1. The predicted octanol–water partition coefficient (Wildman–Crippen LogP) is 13.2. The highest BCUT2D eigenvalue weighted by molar-refractivity contribution is 7.26. The number of hydrogen-bond acceptors (Lipinski definition) is 2. The Morgan fingerprint density at radius 1 is 0.400 bits per heavy atom. The van der Waals surface area contributed by atoms with Crippen molar-refractivity contribution in [1.29, 1.82) is 0 Å². The van der Waals surface area contributed by atoms with E-state index in [0.717, 1.165) is 33.6 Å². The summed E-state index contributed by atoms with van der Waals surface area (Å²) in [4.78, 5) is 5.41. The molecule has 0 aliphatic heterocycles. The van der Waals surface area contributed by atoms with Crippen LogP contribution in [0.4, 0.5) is 0 Å². The van der Waals surface area contributed by atoms with Gasteiger partial charge in [0.25, 0.3) is 0 Å². The molecule has 0 bridgehead atoms. The molecule has 10 aromatic rings. The van der Waals surface area contributed by atoms with Crippen LogP contribution < -0.4 is 0 Å². The molecule has 0 N–H and O–H groups in total. The van der Waals surface area contributed by atoms with E-state index < -0.39 is 0 Å². The molecule has 0 saturated heterocycles. The van der Waals surface area contributed by atoms with Crippen molar-refractivity contribution < 1.29 is 0 Å². The molecule has 234 valence electrons. The van der Waals surface area contributed by atoms with Gasteiger partial charge in [-0.25, -0.2) is 4.98 Å². The van der Waals surface area contributed by atoms with E-state index in [4.69, 9.17) is 4.98 Å². The van der Waals surface area contributed by atoms with Crippen LogP contribution in [0.3, 0.4) is 0 Å². The van der Waals surface area contributed by atoms with Crippen molar-refractivity contribution in [3.05, 3.63) is 182 Å². The molecule has 0 saturated carbocycles. The first kappa shape index (κ1) is 28.7. The van der Waals surface area contributed by atoms with Gasteiger partial charge < -0.3 is 0 Å². The summed E-state index contributed by atoms with van der Waals surface area (Å²) in [5, 5.41) is 5.04. The second kappa shape index (κ2) is 11.7. The third-order valence-corrected chi connectivity index (χ3v) is 11.0. The largest absolute Gasteiger partial charge is 0.292 e. The quantitative estimate of drug-likeness (QED) is 0.181. The van der Waals surface area contributed by atoms with E-state index in [1.54, 1.807) is 0 Å². The number of thiophene rings is 1. The summed E-state index contributed by atoms with van der Waals surface area (Å²) in [6, 6.07) is 63.4. The first-order valence-electron chi connectivity index (χ1n) is 17.0. The number of benzene rings is 7. The van der Waals surface area contributed by atoms with E-state index in [2.05, 4.69) is 180 Å². The number of hydrogen-bond donors (Lipinski definition) is 0. The van der Waals surface area contributed by atoms with Crippen molar-refractivity contribution in [2.24, 2.45) is 0 Å². The van der Waals surface area contributed by atoms with Crippen molar-refractivity contribution in [3.63, 3.8) is 0 Å². The minimum atomic E-state index is 0.921. The van der Waals surface area contributed by atoms with Gasteiger partial charge in [-0.3, -0.25) is 4.57 Å². The molecule has 0 fully saturated rings. The lowest BCUT2D eigenvalue weighted by molar-refractivity contribution is 1.09. The van der Waals surface area contributed by atoms with Crippen LogP contribution in [0, 0.1) is 0 Å². The normalized spacial score (nSPS) is 11.6. The number of aromatic nitrogens is 2. The summed E-state index contributed by atoms with van der Waals surface area (Å²) >= 11 is 1.87. The average Bonchev–Trinajstić information content (AvgIpc) is 3.75. The fraction of sp³-hybridized carbons (Fsp3) is 0. The van der Waals surface area contributed by atoms with Crippen molar-refractivity contribution in [1.82, 2.24) is 9.55 Å². The molecular formula is C47H30N2S. The van der Waals surface area contributed by atoms with Gasteiger partial charge in [0.1, 0.15) is 5.82 Å². The summed E-state index contributed by atoms with van der Waals surface area (Å²) in [6.45, 7) is 0. The van der Waals surface area contributed by atoms with Gasteiger partial charge in [-0.05, 0) is 69.8 Å². The Kier molecular flexibility index (Phi) is 6.71. The zero-order valence-corrected chi connectivity index (χ0v) is 27.9. The van der Waals surface area contributed by atoms with Crippen LogP contribution in [0.15, 0.2) is 182 Å². The van der Waals surface area contributed by atoms with Crippen molar-refractivity contribution >= 4 is 53.3 Å². The molecule has 3 aromatic heterocycles. The maximum Gasteiger partial charge on any atom is 0.145 e. The summed E-state index contributed by atoms with van der Waals surface area (Å²) in [5.41, 5.74) is 11.5. The van der Waals surface area contributed by atoms with Gasteiger partial charge in [0.05, 0.1) is 15.7 Å². The maximum atomic E-state index is 5.41. The number of rotatable bonds is 5. The summed E-state index contributed by atoms with van der Waals surface area (Å²) in [6.07, 6.45) is 2.04. The molecule has 0 amide bonds. The van der Waals surface area contributed by atoms with Gasteiger partial charge in [-0.2, -0.15) is 0 Å². The molecular weight excluding hydrogens is 625 g/mol. The lowest BCUT2D eigenvalue weighted by Crippen LogP contribution is -2.02. The van der Waals surface area contributed by atoms with Crippen LogP contribution in [0.1, 0.15) is 0 Å². The molecule has 10 rings (SSSR count). The Labute approximate surface area is 294 Å². The molecule has 0 aliphatic carbocycles. The first-order chi connectivity index (χ1) is 24.8. The molecule has 3 heterocycles. The second-order valence-corrected chi connectivity index (χ2v) is 13.8. The van der Waals surface area contributed by atoms with Crippen LogP contribution in [-0.2, 0) is 0 Å². The Bertz CT molecular complexity index is 2790. The summed E-state index contributed by atoms with van der Waals surface area (Å²) < 4.78 is 4.99. The van der Waals surface area contributed by atoms with E-state index in [0.29, 0.717) is 0 Å². The minimum absolute atomic E-state index is 0.921. The van der Waals surface area contributed by atoms with Gasteiger partial charge >= 0.3 is 0 Å². The van der Waals surface area contributed by atoms with Gasteiger partial charge in [0, 0.05) is 43.6 Å². The number of para-hydroxylation sites is 1. The van der Waals surface area contributed by atoms with Gasteiger partial charge in [0.2, 0.25) is 0 Å². The number of nitrogens with zero attached hydrogens (tertiary/aromatic N) is 2. The first-order valence-corrected chi connectivity index (χ1v) is 17.8. The van der Waals surface area contributed by atoms with Crippen molar-refractivity contribution in [2.75, 3.05) is 0 Å². The second-order valence-electron chi connectivity index (χ2n) is 12.8. The molecule has 2 nitrogen and oxygen atoms in total. The van der Waals surface area contributed by atoms with E-state index >= 15 is 0 Å². The average molecular weight is 655 g/mol. The minimum Gasteiger partial charge on any atom is -0.292 e. The van der Waals surface area contributed by atoms with E-state index in [9.17, 15) is 0 Å². The number of fused-ring (bicyclic) bond motifs is 7. The number of pyridine rings is 1. The van der Waals surface area contributed by atoms with Crippen LogP contribution in [-0.4, -0.2) is 9.55 Å². The Balaban J connectivity index is 1.33. The standard InChI is InChI=1S/C47H30N2S/c1-4-14-31(15-5-1)34-26-35(32-16-6-2-7-17-32)28-36(27-34)42-29-37(33-18-8-3-9-19-33)30-48-47(42)49-43-22-12-10-20-38(43)40-24-25-41-39-21-11-13-23-44(39)50-46(41)45(40)49/h1-30H. The highest BCUT2D eigenvalue weighted by Gasteiger charge is 2.22. The highest BCUT2D eigenvalue weighted by atomic mass is 32.1. The zero-order valence-electron chi connectivity index (χ0n) is 27.1. The fourth-order valence-electron chi connectivity index (χ4n) is 7.47. The summed E-state index contributed by atoms with van der Waals surface area (Å²) in [5.74, 6) is 0.921. The van der Waals surface area contributed by atoms with Crippen LogP contribution >= 0.6 is 11.3 Å². The highest BCUT2D eigenvalue weighted by Crippen LogP contribution is 2.45. The zero-order chi connectivity index (χ0) is 33.0. The lowest BCUT2D eigenvalue weighted by Gasteiger charge is -2.17. The van der Waals surface area contributed by atoms with Gasteiger partial charge in [-0.1, -0.05) is 140 Å². The molecule has 0 atom stereocenters. The van der Waals surface area contributed by atoms with Crippen LogP contribution in [0.2, 0.25) is 0 Å². The lowest BCUT2D eigenvalue weighted by atomic mass is 9.92. The van der Waals surface area contributed by atoms with Gasteiger partial charge in [-0.15, -0.1) is 11.3 Å². The molecule has 0 unspecified atom stereocenters. The van der Waals surface area contributed by atoms with E-state index in [1.807, 2.05) is 17.5 Å². The molecule has 50 heavy (non-hydrogen) atoms. The Morgan fingerprint density at radius 2 is 0.940 bits per heavy atom. The van der Waals surface area contributed by atoms with Gasteiger partial charge in [0.15, 0.2) is 0 Å². The summed E-state index contributed by atoms with van der Waals surface area (Å²) in [7, 11) is 0. The fourth-order valence-corrected chi connectivity index (χ4v) is 8.71. The molecule has 0 aliphatic rings. The molecule has 0 radical (unpaired) electrons. The van der Waals surface area contributed by atoms with Crippen LogP contribution in [0.5, 0.6) is 0 Å². The Morgan fingerprint density at radius 3 is 1.62 bits per heavy atom. The van der Waals surface area contributed by atoms with Crippen LogP contribution in [0.25, 0.3) is 92.3 Å². The van der Waals surface area contributed by atoms with Crippen molar-refractivity contribution in [3.8, 4) is 50.3 Å². The third kappa shape index (κ3) is 4.67. The molecule has 7 aromatic carbocycles. The maximum absolute atomic E-state index is 5.41. The molecule has 3 heteroatoms. The van der Waals surface area contributed by atoms with E-state index in [-0.39, 0.29) is 0 Å². The Hall–Kier alpha value is -6.29.